The Morgan fingerprint density at radius 1 is 0.882 bits per heavy atom. The standard InChI is InChI=1S/C2H7NO4S.H2O7S2/c4-2-1-3-8(5,6)7;1-8(2,3)7-9(4,5)6/h3-4H,1-2H2,(H,5,6,7);(H,1,2,3)(H,4,5,6). The van der Waals surface area contributed by atoms with E-state index < -0.39 is 31.1 Å². The number of rotatable bonds is 5. The molecule has 0 heterocycles. The Balaban J connectivity index is 0. The smallest absolute Gasteiger partial charge is 0.395 e. The van der Waals surface area contributed by atoms with Crippen LogP contribution in [-0.2, 0) is 34.7 Å². The molecule has 106 valence electrons. The maximum Gasteiger partial charge on any atom is 0.413 e. The maximum absolute atomic E-state index is 9.72. The van der Waals surface area contributed by atoms with Gasteiger partial charge < -0.3 is 5.11 Å². The van der Waals surface area contributed by atoms with Gasteiger partial charge in [0, 0.05) is 6.54 Å². The molecule has 0 atom stereocenters. The third kappa shape index (κ3) is 25.7. The summed E-state index contributed by atoms with van der Waals surface area (Å²) < 4.78 is 84.6. The summed E-state index contributed by atoms with van der Waals surface area (Å²) in [4.78, 5) is 0. The molecule has 0 rings (SSSR count). The maximum atomic E-state index is 9.72. The molecule has 0 aromatic heterocycles. The van der Waals surface area contributed by atoms with E-state index in [2.05, 4.69) is 3.63 Å². The Bertz CT molecular complexity index is 467. The Morgan fingerprint density at radius 2 is 1.24 bits per heavy atom. The average molecular weight is 319 g/mol. The predicted molar refractivity (Wildman–Crippen MR) is 50.8 cm³/mol. The molecule has 0 aliphatic carbocycles. The van der Waals surface area contributed by atoms with Crippen LogP contribution in [0.1, 0.15) is 0 Å². The quantitative estimate of drug-likeness (QED) is 0.322. The monoisotopic (exact) mass is 319 g/mol. The van der Waals surface area contributed by atoms with Crippen molar-refractivity contribution in [2.45, 2.75) is 0 Å². The minimum atomic E-state index is -5.12. The molecule has 0 bridgehead atoms. The van der Waals surface area contributed by atoms with E-state index in [4.69, 9.17) is 18.8 Å². The summed E-state index contributed by atoms with van der Waals surface area (Å²) in [6, 6.07) is 0. The summed E-state index contributed by atoms with van der Waals surface area (Å²) in [6.07, 6.45) is 0. The van der Waals surface area contributed by atoms with Crippen molar-refractivity contribution in [2.24, 2.45) is 0 Å². The van der Waals surface area contributed by atoms with E-state index in [1.807, 2.05) is 0 Å². The minimum Gasteiger partial charge on any atom is -0.395 e. The van der Waals surface area contributed by atoms with Crippen molar-refractivity contribution in [3.63, 3.8) is 0 Å². The molecule has 17 heavy (non-hydrogen) atoms. The van der Waals surface area contributed by atoms with Gasteiger partial charge in [0.05, 0.1) is 6.61 Å². The van der Waals surface area contributed by atoms with Gasteiger partial charge in [0.25, 0.3) is 0 Å². The zero-order chi connectivity index (χ0) is 14.3. The first kappa shape index (κ1) is 19.0. The van der Waals surface area contributed by atoms with Crippen molar-refractivity contribution in [3.8, 4) is 0 Å². The van der Waals surface area contributed by atoms with Gasteiger partial charge in [0.1, 0.15) is 0 Å². The lowest BCUT2D eigenvalue weighted by Crippen LogP contribution is -2.25. The van der Waals surface area contributed by atoms with Gasteiger partial charge >= 0.3 is 31.1 Å². The number of nitrogens with one attached hydrogen (secondary N) is 1. The van der Waals surface area contributed by atoms with Gasteiger partial charge in [-0.25, -0.2) is 0 Å². The van der Waals surface area contributed by atoms with Crippen molar-refractivity contribution in [2.75, 3.05) is 13.2 Å². The van der Waals surface area contributed by atoms with Gasteiger partial charge in [0.15, 0.2) is 0 Å². The summed E-state index contributed by atoms with van der Waals surface area (Å²) in [5.74, 6) is 0. The number of hydrogen-bond acceptors (Lipinski definition) is 8. The van der Waals surface area contributed by atoms with Crippen LogP contribution in [-0.4, -0.2) is 57.2 Å². The normalized spacial score (nSPS) is 12.7. The highest BCUT2D eigenvalue weighted by molar-refractivity contribution is 7.94. The van der Waals surface area contributed by atoms with Crippen LogP contribution in [0.4, 0.5) is 0 Å². The molecule has 0 aromatic carbocycles. The van der Waals surface area contributed by atoms with Crippen LogP contribution in [0.15, 0.2) is 0 Å². The lowest BCUT2D eigenvalue weighted by atomic mass is 10.8. The van der Waals surface area contributed by atoms with Crippen LogP contribution in [0.5, 0.6) is 0 Å². The fourth-order valence-corrected chi connectivity index (χ4v) is 1.50. The largest absolute Gasteiger partial charge is 0.413 e. The zero-order valence-electron chi connectivity index (χ0n) is 7.79. The van der Waals surface area contributed by atoms with Crippen molar-refractivity contribution in [1.82, 2.24) is 4.72 Å². The first-order valence-electron chi connectivity index (χ1n) is 3.25. The molecule has 12 nitrogen and oxygen atoms in total. The molecule has 0 aliphatic rings. The van der Waals surface area contributed by atoms with E-state index in [1.165, 1.54) is 0 Å². The number of aliphatic hydroxyl groups excluding tert-OH is 1. The van der Waals surface area contributed by atoms with Gasteiger partial charge in [-0.1, -0.05) is 0 Å². The molecular weight excluding hydrogens is 310 g/mol. The molecular formula is C2H9NO11S3. The SMILES string of the molecule is O=S(=O)(O)NCCO.O=S(=O)(O)OS(=O)(=O)O. The van der Waals surface area contributed by atoms with Gasteiger partial charge in [-0.3, -0.25) is 13.7 Å². The molecule has 0 amide bonds. The Kier molecular flexibility index (Phi) is 7.96. The number of aliphatic hydroxyl groups is 1. The zero-order valence-corrected chi connectivity index (χ0v) is 10.2. The van der Waals surface area contributed by atoms with E-state index in [0.29, 0.717) is 0 Å². The van der Waals surface area contributed by atoms with E-state index >= 15 is 0 Å². The highest BCUT2D eigenvalue weighted by atomic mass is 32.3. The second-order valence-corrected chi connectivity index (χ2v) is 5.51. The molecule has 0 aromatic rings. The van der Waals surface area contributed by atoms with Crippen molar-refractivity contribution in [3.05, 3.63) is 0 Å². The number of hydrogen-bond donors (Lipinski definition) is 5. The van der Waals surface area contributed by atoms with Crippen LogP contribution < -0.4 is 4.72 Å². The van der Waals surface area contributed by atoms with E-state index in [9.17, 15) is 25.3 Å². The summed E-state index contributed by atoms with van der Waals surface area (Å²) in [5.41, 5.74) is 0. The van der Waals surface area contributed by atoms with Crippen LogP contribution >= 0.6 is 0 Å². The van der Waals surface area contributed by atoms with E-state index in [0.717, 1.165) is 0 Å². The molecule has 0 fully saturated rings. The van der Waals surface area contributed by atoms with Gasteiger partial charge in [-0.05, 0) is 0 Å². The van der Waals surface area contributed by atoms with Crippen LogP contribution in [0.25, 0.3) is 0 Å². The molecule has 5 N–H and O–H groups in total. The third-order valence-corrected chi connectivity index (χ3v) is 2.51. The van der Waals surface area contributed by atoms with Crippen molar-refractivity contribution < 1.29 is 47.6 Å². The van der Waals surface area contributed by atoms with E-state index in [-0.39, 0.29) is 13.2 Å². The third-order valence-electron chi connectivity index (χ3n) is 0.568. The van der Waals surface area contributed by atoms with E-state index in [1.54, 1.807) is 4.72 Å². The van der Waals surface area contributed by atoms with Crippen molar-refractivity contribution in [1.29, 1.82) is 0 Å². The summed E-state index contributed by atoms with van der Waals surface area (Å²) in [5, 5.41) is 7.99. The average Bonchev–Trinajstić information content (AvgIpc) is 1.93. The van der Waals surface area contributed by atoms with Crippen LogP contribution in [0, 0.1) is 0 Å². The Morgan fingerprint density at radius 3 is 1.29 bits per heavy atom. The summed E-state index contributed by atoms with van der Waals surface area (Å²) in [6.45, 7) is -0.474. The highest BCUT2D eigenvalue weighted by Crippen LogP contribution is 1.91. The first-order chi connectivity index (χ1) is 7.27. The first-order valence-corrected chi connectivity index (χ1v) is 7.43. The highest BCUT2D eigenvalue weighted by Gasteiger charge is 2.15. The molecule has 15 heteroatoms. The second kappa shape index (κ2) is 7.13. The second-order valence-electron chi connectivity index (χ2n) is 2.02. The predicted octanol–water partition coefficient (Wildman–Crippen LogP) is -3.02. The topological polar surface area (TPSA) is 205 Å². The molecule has 0 saturated heterocycles. The fourth-order valence-electron chi connectivity index (χ4n) is 0.283. The van der Waals surface area contributed by atoms with Gasteiger partial charge in [-0.2, -0.15) is 30.0 Å². The van der Waals surface area contributed by atoms with Gasteiger partial charge in [0.2, 0.25) is 0 Å². The van der Waals surface area contributed by atoms with Gasteiger partial charge in [-0.15, -0.1) is 3.63 Å². The summed E-state index contributed by atoms with van der Waals surface area (Å²) >= 11 is 0. The van der Waals surface area contributed by atoms with Crippen LogP contribution in [0.3, 0.4) is 0 Å². The molecule has 0 saturated carbocycles. The molecule has 0 spiro atoms. The lowest BCUT2D eigenvalue weighted by Gasteiger charge is -1.93. The molecule has 0 radical (unpaired) electrons. The Hall–Kier alpha value is -0.390. The Labute approximate surface area is 97.0 Å². The lowest BCUT2D eigenvalue weighted by molar-refractivity contribution is 0.298. The molecule has 0 aliphatic heterocycles. The molecule has 0 unspecified atom stereocenters. The fraction of sp³-hybridized carbons (Fsp3) is 1.00. The van der Waals surface area contributed by atoms with Crippen LogP contribution in [0.2, 0.25) is 0 Å². The van der Waals surface area contributed by atoms with Crippen molar-refractivity contribution >= 4 is 31.1 Å². The minimum absolute atomic E-state index is 0.154. The summed E-state index contributed by atoms with van der Waals surface area (Å²) in [7, 11) is -14.3.